The van der Waals surface area contributed by atoms with E-state index in [9.17, 15) is 0 Å². The van der Waals surface area contributed by atoms with Crippen LogP contribution in [0, 0.1) is 0 Å². The van der Waals surface area contributed by atoms with Crippen molar-refractivity contribution in [1.29, 1.82) is 0 Å². The fourth-order valence-corrected chi connectivity index (χ4v) is 4.69. The minimum atomic E-state index is 0.948. The molecule has 0 aromatic heterocycles. The number of hydrogen-bond donors (Lipinski definition) is 0. The Hall–Kier alpha value is -2.48. The predicted octanol–water partition coefficient (Wildman–Crippen LogP) is 11.3. The van der Waals surface area contributed by atoms with Gasteiger partial charge in [0.25, 0.3) is 0 Å². The molecule has 0 amide bonds. The fraction of sp³-hybridized carbons (Fsp3) is 0.543. The molecule has 0 aliphatic carbocycles. The summed E-state index contributed by atoms with van der Waals surface area (Å²) in [5, 5.41) is 0. The molecule has 2 aromatic rings. The van der Waals surface area contributed by atoms with E-state index in [2.05, 4.69) is 82.3 Å². The van der Waals surface area contributed by atoms with Crippen molar-refractivity contribution in [1.82, 2.24) is 0 Å². The zero-order chi connectivity index (χ0) is 26.6. The number of para-hydroxylation sites is 1. The van der Waals surface area contributed by atoms with Gasteiger partial charge in [-0.05, 0) is 80.0 Å². The minimum absolute atomic E-state index is 0.948. The topological polar surface area (TPSA) is 24.7 Å². The summed E-state index contributed by atoms with van der Waals surface area (Å²) >= 11 is 0. The van der Waals surface area contributed by atoms with Crippen LogP contribution in [0.5, 0.6) is 0 Å². The second kappa shape index (κ2) is 19.6. The van der Waals surface area contributed by atoms with Crippen molar-refractivity contribution in [2.75, 3.05) is 0 Å². The first kappa shape index (κ1) is 30.7. The molecule has 0 radical (unpaired) electrons. The molecular weight excluding hydrogens is 448 g/mol. The Morgan fingerprint density at radius 1 is 0.622 bits per heavy atom. The van der Waals surface area contributed by atoms with Crippen LogP contribution in [-0.2, 0) is 12.8 Å². The first-order chi connectivity index (χ1) is 18.2. The molecule has 0 saturated carbocycles. The van der Waals surface area contributed by atoms with Gasteiger partial charge in [0, 0.05) is 0 Å². The van der Waals surface area contributed by atoms with Gasteiger partial charge in [0.2, 0.25) is 0 Å². The molecule has 0 atom stereocenters. The van der Waals surface area contributed by atoms with Crippen molar-refractivity contribution in [3.63, 3.8) is 0 Å². The van der Waals surface area contributed by atoms with Gasteiger partial charge >= 0.3 is 0 Å². The third kappa shape index (κ3) is 12.5. The molecule has 0 aliphatic rings. The normalized spacial score (nSPS) is 12.5. The number of benzene rings is 2. The summed E-state index contributed by atoms with van der Waals surface area (Å²) < 4.78 is 0. The average Bonchev–Trinajstić information content (AvgIpc) is 2.91. The third-order valence-corrected chi connectivity index (χ3v) is 6.81. The molecule has 0 fully saturated rings. The molecule has 2 nitrogen and oxygen atoms in total. The van der Waals surface area contributed by atoms with E-state index in [0.717, 1.165) is 67.7 Å². The van der Waals surface area contributed by atoms with Crippen molar-refractivity contribution in [3.8, 4) is 0 Å². The zero-order valence-electron chi connectivity index (χ0n) is 24.3. The Bertz CT molecular complexity index is 952. The molecule has 202 valence electrons. The Morgan fingerprint density at radius 3 is 2.00 bits per heavy atom. The van der Waals surface area contributed by atoms with Gasteiger partial charge in [0.05, 0.1) is 22.8 Å². The van der Waals surface area contributed by atoms with Crippen LogP contribution in [0.4, 0.5) is 11.4 Å². The summed E-state index contributed by atoms with van der Waals surface area (Å²) in [4.78, 5) is 10.3. The van der Waals surface area contributed by atoms with Gasteiger partial charge < -0.3 is 0 Å². The quantitative estimate of drug-likeness (QED) is 0.135. The van der Waals surface area contributed by atoms with Gasteiger partial charge in [0.15, 0.2) is 0 Å². The lowest BCUT2D eigenvalue weighted by atomic mass is 9.98. The Kier molecular flexibility index (Phi) is 16.3. The van der Waals surface area contributed by atoms with Crippen molar-refractivity contribution in [2.45, 2.75) is 124 Å². The molecule has 0 spiro atoms. The van der Waals surface area contributed by atoms with Gasteiger partial charge in [-0.2, -0.15) is 0 Å². The summed E-state index contributed by atoms with van der Waals surface area (Å²) in [6.45, 7) is 9.05. The highest BCUT2D eigenvalue weighted by atomic mass is 14.8. The minimum Gasteiger partial charge on any atom is -0.251 e. The van der Waals surface area contributed by atoms with Gasteiger partial charge in [-0.3, -0.25) is 4.99 Å². The van der Waals surface area contributed by atoms with Gasteiger partial charge in [0.1, 0.15) is 0 Å². The first-order valence-corrected chi connectivity index (χ1v) is 15.2. The summed E-state index contributed by atoms with van der Waals surface area (Å²) in [7, 11) is 0. The molecule has 0 saturated heterocycles. The molecule has 37 heavy (non-hydrogen) atoms. The highest BCUT2D eigenvalue weighted by molar-refractivity contribution is 6.47. The van der Waals surface area contributed by atoms with E-state index >= 15 is 0 Å². The van der Waals surface area contributed by atoms with E-state index in [1.807, 2.05) is 6.07 Å². The molecule has 0 bridgehead atoms. The van der Waals surface area contributed by atoms with E-state index < -0.39 is 0 Å². The second-order valence-corrected chi connectivity index (χ2v) is 10.3. The van der Waals surface area contributed by atoms with E-state index in [0.29, 0.717) is 0 Å². The summed E-state index contributed by atoms with van der Waals surface area (Å²) in [5.41, 5.74) is 7.11. The lowest BCUT2D eigenvalue weighted by Gasteiger charge is -2.11. The monoisotopic (exact) mass is 500 g/mol. The average molecular weight is 501 g/mol. The Balaban J connectivity index is 2.28. The number of allylic oxidation sites excluding steroid dienone is 2. The smallest absolute Gasteiger partial charge is 0.0848 e. The molecule has 0 N–H and O–H groups in total. The number of hydrogen-bond acceptors (Lipinski definition) is 2. The van der Waals surface area contributed by atoms with E-state index in [1.54, 1.807) is 0 Å². The SMILES string of the molecule is CCCCCCCCC/C=C/C(=Nc1ccccc1)C(CCCC)=Nc1ccc(CCC)c(CCC)c1. The molecule has 0 unspecified atom stereocenters. The highest BCUT2D eigenvalue weighted by Crippen LogP contribution is 2.23. The molecule has 2 aromatic carbocycles. The Labute approximate surface area is 228 Å². The molecule has 0 heterocycles. The first-order valence-electron chi connectivity index (χ1n) is 15.2. The zero-order valence-corrected chi connectivity index (χ0v) is 24.3. The van der Waals surface area contributed by atoms with Gasteiger partial charge in [-0.15, -0.1) is 0 Å². The number of nitrogens with zero attached hydrogens (tertiary/aromatic N) is 2. The van der Waals surface area contributed by atoms with Crippen LogP contribution in [0.15, 0.2) is 70.7 Å². The number of aryl methyl sites for hydroxylation is 2. The second-order valence-electron chi connectivity index (χ2n) is 10.3. The molecule has 0 aliphatic heterocycles. The maximum Gasteiger partial charge on any atom is 0.0848 e. The Morgan fingerprint density at radius 2 is 1.30 bits per heavy atom. The maximum absolute atomic E-state index is 5.23. The van der Waals surface area contributed by atoms with E-state index in [-0.39, 0.29) is 0 Å². The summed E-state index contributed by atoms with van der Waals surface area (Å²) in [6, 6.07) is 17.2. The van der Waals surface area contributed by atoms with Gasteiger partial charge in [-0.1, -0.05) is 116 Å². The lowest BCUT2D eigenvalue weighted by Crippen LogP contribution is -2.12. The van der Waals surface area contributed by atoms with Crippen molar-refractivity contribution in [2.24, 2.45) is 9.98 Å². The summed E-state index contributed by atoms with van der Waals surface area (Å²) in [5.74, 6) is 0. The third-order valence-electron chi connectivity index (χ3n) is 6.81. The van der Waals surface area contributed by atoms with Crippen LogP contribution in [-0.4, -0.2) is 11.4 Å². The number of unbranched alkanes of at least 4 members (excludes halogenated alkanes) is 8. The van der Waals surface area contributed by atoms with Crippen LogP contribution in [0.3, 0.4) is 0 Å². The highest BCUT2D eigenvalue weighted by Gasteiger charge is 2.09. The number of rotatable bonds is 19. The number of aliphatic imine (C=N–C) groups is 2. The van der Waals surface area contributed by atoms with Crippen LogP contribution >= 0.6 is 0 Å². The van der Waals surface area contributed by atoms with Crippen LogP contribution in [0.2, 0.25) is 0 Å². The van der Waals surface area contributed by atoms with Crippen molar-refractivity contribution in [3.05, 3.63) is 71.8 Å². The molecular formula is C35H52N2. The molecule has 2 heteroatoms. The van der Waals surface area contributed by atoms with Gasteiger partial charge in [-0.25, -0.2) is 4.99 Å². The molecule has 2 rings (SSSR count). The van der Waals surface area contributed by atoms with E-state index in [1.165, 1.54) is 62.5 Å². The van der Waals surface area contributed by atoms with Crippen molar-refractivity contribution >= 4 is 22.8 Å². The summed E-state index contributed by atoms with van der Waals surface area (Å²) in [6.07, 6.45) is 22.9. The fourth-order valence-electron chi connectivity index (χ4n) is 4.69. The van der Waals surface area contributed by atoms with Crippen LogP contribution in [0.1, 0.15) is 122 Å². The standard InChI is InChI=1S/C35H52N2/c1-5-9-11-12-13-14-15-16-20-26-35(36-32-23-18-17-19-24-32)34(25-10-6-2)37-33-28-27-30(21-7-3)31(29-33)22-8-4/h17-20,23-24,26-29H,5-16,21-22,25H2,1-4H3/b26-20+,36-35?,37-34?. The predicted molar refractivity (Wildman–Crippen MR) is 166 cm³/mol. The van der Waals surface area contributed by atoms with E-state index in [4.69, 9.17) is 9.98 Å². The largest absolute Gasteiger partial charge is 0.251 e. The van der Waals surface area contributed by atoms with Crippen LogP contribution in [0.25, 0.3) is 0 Å². The van der Waals surface area contributed by atoms with Crippen LogP contribution < -0.4 is 0 Å². The lowest BCUT2D eigenvalue weighted by molar-refractivity contribution is 0.592. The van der Waals surface area contributed by atoms with Crippen molar-refractivity contribution < 1.29 is 0 Å². The maximum atomic E-state index is 5.23.